The molecule has 1 aliphatic heterocycles. The largest absolute Gasteiger partial charge is 0.444 e. The van der Waals surface area contributed by atoms with E-state index in [1.165, 1.54) is 0 Å². The fourth-order valence-corrected chi connectivity index (χ4v) is 4.38. The molecule has 2 heterocycles. The van der Waals surface area contributed by atoms with Crippen molar-refractivity contribution in [2.24, 2.45) is 0 Å². The minimum atomic E-state index is -0.546. The van der Waals surface area contributed by atoms with Gasteiger partial charge in [-0.15, -0.1) is 0 Å². The molecule has 188 valence electrons. The molecule has 0 saturated carbocycles. The van der Waals surface area contributed by atoms with E-state index in [1.807, 2.05) is 93.6 Å². The van der Waals surface area contributed by atoms with Gasteiger partial charge in [0.25, 0.3) is 5.91 Å². The fourth-order valence-electron chi connectivity index (χ4n) is 4.38. The van der Waals surface area contributed by atoms with Crippen molar-refractivity contribution in [1.82, 2.24) is 19.8 Å². The van der Waals surface area contributed by atoms with Crippen LogP contribution in [0.1, 0.15) is 31.1 Å². The lowest BCUT2D eigenvalue weighted by molar-refractivity contribution is 0.0141. The van der Waals surface area contributed by atoms with Crippen LogP contribution >= 0.6 is 0 Å². The number of carbonyl (C=O) groups is 2. The standard InChI is InChI=1S/C30H30N4O3/c1-30(2,3)37-29(36)34-18-16-33(17-19-34)28(35)23-14-15-24-25(20-23)32-27(22-12-8-5-9-13-22)26(31-24)21-10-6-4-7-11-21/h4-15,20H,16-19H2,1-3H3. The van der Waals surface area contributed by atoms with Gasteiger partial charge in [-0.05, 0) is 39.0 Å². The molecular formula is C30H30N4O3. The summed E-state index contributed by atoms with van der Waals surface area (Å²) in [5.74, 6) is -0.0825. The lowest BCUT2D eigenvalue weighted by Gasteiger charge is -2.35. The van der Waals surface area contributed by atoms with E-state index in [9.17, 15) is 9.59 Å². The second kappa shape index (κ2) is 10.0. The number of fused-ring (bicyclic) bond motifs is 1. The van der Waals surface area contributed by atoms with Crippen LogP contribution in [0.5, 0.6) is 0 Å². The first kappa shape index (κ1) is 24.4. The number of hydrogen-bond acceptors (Lipinski definition) is 5. The van der Waals surface area contributed by atoms with E-state index in [0.717, 1.165) is 28.0 Å². The van der Waals surface area contributed by atoms with Crippen LogP contribution in [0, 0.1) is 0 Å². The van der Waals surface area contributed by atoms with Crippen molar-refractivity contribution in [3.05, 3.63) is 84.4 Å². The lowest BCUT2D eigenvalue weighted by Crippen LogP contribution is -2.51. The van der Waals surface area contributed by atoms with Gasteiger partial charge in [-0.2, -0.15) is 0 Å². The van der Waals surface area contributed by atoms with Gasteiger partial charge in [0.2, 0.25) is 0 Å². The van der Waals surface area contributed by atoms with Crippen LogP contribution in [-0.4, -0.2) is 63.5 Å². The summed E-state index contributed by atoms with van der Waals surface area (Å²) in [4.78, 5) is 39.1. The number of rotatable bonds is 3. The molecule has 0 N–H and O–H groups in total. The quantitative estimate of drug-likeness (QED) is 0.368. The minimum absolute atomic E-state index is 0.0825. The van der Waals surface area contributed by atoms with Crippen LogP contribution in [-0.2, 0) is 4.74 Å². The zero-order valence-electron chi connectivity index (χ0n) is 21.3. The van der Waals surface area contributed by atoms with Crippen molar-refractivity contribution in [2.75, 3.05) is 26.2 Å². The minimum Gasteiger partial charge on any atom is -0.444 e. The number of carbonyl (C=O) groups excluding carboxylic acids is 2. The van der Waals surface area contributed by atoms with Gasteiger partial charge >= 0.3 is 6.09 Å². The van der Waals surface area contributed by atoms with Crippen LogP contribution in [0.2, 0.25) is 0 Å². The van der Waals surface area contributed by atoms with Crippen molar-refractivity contribution in [3.8, 4) is 22.5 Å². The molecule has 7 nitrogen and oxygen atoms in total. The van der Waals surface area contributed by atoms with Gasteiger partial charge < -0.3 is 14.5 Å². The summed E-state index contributed by atoms with van der Waals surface area (Å²) >= 11 is 0. The Morgan fingerprint density at radius 2 is 1.22 bits per heavy atom. The van der Waals surface area contributed by atoms with Gasteiger partial charge in [0.1, 0.15) is 5.60 Å². The van der Waals surface area contributed by atoms with E-state index in [0.29, 0.717) is 37.3 Å². The van der Waals surface area contributed by atoms with E-state index in [1.54, 1.807) is 15.9 Å². The molecule has 0 bridgehead atoms. The smallest absolute Gasteiger partial charge is 0.410 e. The van der Waals surface area contributed by atoms with Crippen LogP contribution in [0.25, 0.3) is 33.5 Å². The summed E-state index contributed by atoms with van der Waals surface area (Å²) < 4.78 is 5.46. The second-order valence-corrected chi connectivity index (χ2v) is 10.1. The van der Waals surface area contributed by atoms with Gasteiger partial charge in [-0.1, -0.05) is 60.7 Å². The Morgan fingerprint density at radius 1 is 0.703 bits per heavy atom. The van der Waals surface area contributed by atoms with Crippen LogP contribution < -0.4 is 0 Å². The number of ether oxygens (including phenoxy) is 1. The molecule has 4 aromatic rings. The SMILES string of the molecule is CC(C)(C)OC(=O)N1CCN(C(=O)c2ccc3nc(-c4ccccc4)c(-c4ccccc4)nc3c2)CC1. The molecule has 0 atom stereocenters. The zero-order valence-corrected chi connectivity index (χ0v) is 21.3. The monoisotopic (exact) mass is 494 g/mol. The molecule has 0 spiro atoms. The van der Waals surface area contributed by atoms with E-state index in [4.69, 9.17) is 14.7 Å². The predicted octanol–water partition coefficient (Wildman–Crippen LogP) is 5.66. The topological polar surface area (TPSA) is 75.6 Å². The molecule has 37 heavy (non-hydrogen) atoms. The summed E-state index contributed by atoms with van der Waals surface area (Å²) in [6, 6.07) is 25.4. The first-order valence-electron chi connectivity index (χ1n) is 12.5. The number of aromatic nitrogens is 2. The van der Waals surface area contributed by atoms with E-state index in [-0.39, 0.29) is 12.0 Å². The molecular weight excluding hydrogens is 464 g/mol. The van der Waals surface area contributed by atoms with Gasteiger partial charge in [-0.25, -0.2) is 14.8 Å². The second-order valence-electron chi connectivity index (χ2n) is 10.1. The van der Waals surface area contributed by atoms with E-state index in [2.05, 4.69) is 0 Å². The number of nitrogens with zero attached hydrogens (tertiary/aromatic N) is 4. The normalized spacial score (nSPS) is 14.0. The maximum atomic E-state index is 13.3. The average Bonchev–Trinajstić information content (AvgIpc) is 2.92. The van der Waals surface area contributed by atoms with Gasteiger partial charge in [0, 0.05) is 42.9 Å². The summed E-state index contributed by atoms with van der Waals surface area (Å²) in [5, 5.41) is 0. The van der Waals surface area contributed by atoms with Crippen molar-refractivity contribution in [1.29, 1.82) is 0 Å². The summed E-state index contributed by atoms with van der Waals surface area (Å²) in [7, 11) is 0. The summed E-state index contributed by atoms with van der Waals surface area (Å²) in [5.41, 5.74) is 4.92. The Balaban J connectivity index is 1.41. The number of hydrogen-bond donors (Lipinski definition) is 0. The zero-order chi connectivity index (χ0) is 26.0. The Labute approximate surface area is 216 Å². The van der Waals surface area contributed by atoms with Gasteiger partial charge in [0.05, 0.1) is 22.4 Å². The van der Waals surface area contributed by atoms with Crippen LogP contribution in [0.3, 0.4) is 0 Å². The molecule has 5 rings (SSSR count). The van der Waals surface area contributed by atoms with Crippen LogP contribution in [0.15, 0.2) is 78.9 Å². The first-order valence-corrected chi connectivity index (χ1v) is 12.5. The molecule has 2 amide bonds. The van der Waals surface area contributed by atoms with Crippen molar-refractivity contribution < 1.29 is 14.3 Å². The van der Waals surface area contributed by atoms with Gasteiger partial charge in [0.15, 0.2) is 0 Å². The molecule has 3 aromatic carbocycles. The Bertz CT molecular complexity index is 1420. The number of amides is 2. The molecule has 7 heteroatoms. The summed E-state index contributed by atoms with van der Waals surface area (Å²) in [6.45, 7) is 7.31. The maximum Gasteiger partial charge on any atom is 0.410 e. The third kappa shape index (κ3) is 5.45. The van der Waals surface area contributed by atoms with Crippen molar-refractivity contribution in [2.45, 2.75) is 26.4 Å². The highest BCUT2D eigenvalue weighted by atomic mass is 16.6. The lowest BCUT2D eigenvalue weighted by atomic mass is 10.0. The Kier molecular flexibility index (Phi) is 6.61. The number of benzene rings is 3. The number of piperazine rings is 1. The van der Waals surface area contributed by atoms with E-state index >= 15 is 0 Å². The first-order chi connectivity index (χ1) is 17.8. The Morgan fingerprint density at radius 3 is 1.76 bits per heavy atom. The molecule has 0 radical (unpaired) electrons. The molecule has 1 saturated heterocycles. The highest BCUT2D eigenvalue weighted by Crippen LogP contribution is 2.31. The average molecular weight is 495 g/mol. The predicted molar refractivity (Wildman–Crippen MR) is 144 cm³/mol. The summed E-state index contributed by atoms with van der Waals surface area (Å²) in [6.07, 6.45) is -0.344. The van der Waals surface area contributed by atoms with E-state index < -0.39 is 5.60 Å². The molecule has 0 unspecified atom stereocenters. The highest BCUT2D eigenvalue weighted by molar-refractivity contribution is 5.98. The fraction of sp³-hybridized carbons (Fsp3) is 0.267. The van der Waals surface area contributed by atoms with Crippen molar-refractivity contribution in [3.63, 3.8) is 0 Å². The maximum absolute atomic E-state index is 13.3. The third-order valence-electron chi connectivity index (χ3n) is 6.22. The third-order valence-corrected chi connectivity index (χ3v) is 6.22. The van der Waals surface area contributed by atoms with Gasteiger partial charge in [-0.3, -0.25) is 4.79 Å². The van der Waals surface area contributed by atoms with Crippen LogP contribution in [0.4, 0.5) is 4.79 Å². The molecule has 1 aliphatic rings. The molecule has 1 aromatic heterocycles. The molecule has 0 aliphatic carbocycles. The van der Waals surface area contributed by atoms with Crippen molar-refractivity contribution >= 4 is 23.0 Å². The molecule has 1 fully saturated rings. The Hall–Kier alpha value is -4.26. The highest BCUT2D eigenvalue weighted by Gasteiger charge is 2.28.